The van der Waals surface area contributed by atoms with E-state index in [9.17, 15) is 5.11 Å². The highest BCUT2D eigenvalue weighted by Crippen LogP contribution is 2.25. The predicted molar refractivity (Wildman–Crippen MR) is 67.0 cm³/mol. The van der Waals surface area contributed by atoms with Crippen LogP contribution in [0.2, 0.25) is 10.0 Å². The second kappa shape index (κ2) is 4.88. The molecule has 0 bridgehead atoms. The van der Waals surface area contributed by atoms with Gasteiger partial charge in [0.1, 0.15) is 6.10 Å². The Balaban J connectivity index is 2.31. The summed E-state index contributed by atoms with van der Waals surface area (Å²) in [7, 11) is 0. The fourth-order valence-corrected chi connectivity index (χ4v) is 1.84. The van der Waals surface area contributed by atoms with Gasteiger partial charge in [0.05, 0.1) is 0 Å². The maximum absolute atomic E-state index is 10.1. The summed E-state index contributed by atoms with van der Waals surface area (Å²) in [6.45, 7) is 0. The molecule has 0 aromatic heterocycles. The predicted octanol–water partition coefficient (Wildman–Crippen LogP) is 4.08. The lowest BCUT2D eigenvalue weighted by molar-refractivity contribution is 0.220. The number of aliphatic hydroxyl groups excluding tert-OH is 1. The summed E-state index contributed by atoms with van der Waals surface area (Å²) in [5.41, 5.74) is 1.57. The molecule has 0 aliphatic heterocycles. The molecule has 1 nitrogen and oxygen atoms in total. The molecule has 1 N–H and O–H groups in total. The molecule has 0 fully saturated rings. The summed E-state index contributed by atoms with van der Waals surface area (Å²) < 4.78 is 0. The van der Waals surface area contributed by atoms with Crippen LogP contribution < -0.4 is 0 Å². The minimum absolute atomic E-state index is 0.616. The van der Waals surface area contributed by atoms with Crippen LogP contribution >= 0.6 is 23.2 Å². The van der Waals surface area contributed by atoms with E-state index in [-0.39, 0.29) is 0 Å². The van der Waals surface area contributed by atoms with Crippen molar-refractivity contribution in [3.63, 3.8) is 0 Å². The van der Waals surface area contributed by atoms with Gasteiger partial charge in [0.15, 0.2) is 0 Å². The van der Waals surface area contributed by atoms with Crippen molar-refractivity contribution in [3.8, 4) is 0 Å². The van der Waals surface area contributed by atoms with Crippen molar-refractivity contribution in [2.75, 3.05) is 0 Å². The maximum atomic E-state index is 10.1. The molecule has 0 unspecified atom stereocenters. The van der Waals surface area contributed by atoms with Gasteiger partial charge in [0.25, 0.3) is 0 Å². The van der Waals surface area contributed by atoms with Crippen molar-refractivity contribution in [1.82, 2.24) is 0 Å². The largest absolute Gasteiger partial charge is 0.384 e. The van der Waals surface area contributed by atoms with E-state index in [2.05, 4.69) is 0 Å². The van der Waals surface area contributed by atoms with Crippen molar-refractivity contribution in [3.05, 3.63) is 69.7 Å². The number of hydrogen-bond acceptors (Lipinski definition) is 1. The van der Waals surface area contributed by atoms with E-state index in [4.69, 9.17) is 23.2 Å². The third-order valence-electron chi connectivity index (χ3n) is 2.35. The van der Waals surface area contributed by atoms with Crippen LogP contribution in [0, 0.1) is 0 Å². The molecule has 16 heavy (non-hydrogen) atoms. The first-order chi connectivity index (χ1) is 7.66. The summed E-state index contributed by atoms with van der Waals surface area (Å²) in [4.78, 5) is 0. The Morgan fingerprint density at radius 1 is 0.812 bits per heavy atom. The van der Waals surface area contributed by atoms with Gasteiger partial charge in [-0.15, -0.1) is 0 Å². The number of rotatable bonds is 2. The van der Waals surface area contributed by atoms with Gasteiger partial charge in [-0.2, -0.15) is 0 Å². The Hall–Kier alpha value is -1.02. The summed E-state index contributed by atoms with van der Waals surface area (Å²) >= 11 is 11.7. The van der Waals surface area contributed by atoms with Crippen molar-refractivity contribution in [2.45, 2.75) is 6.10 Å². The van der Waals surface area contributed by atoms with Crippen LogP contribution in [0.3, 0.4) is 0 Å². The zero-order valence-corrected chi connectivity index (χ0v) is 9.91. The first-order valence-corrected chi connectivity index (χ1v) is 5.61. The van der Waals surface area contributed by atoms with E-state index in [1.165, 1.54) is 0 Å². The van der Waals surface area contributed by atoms with Crippen LogP contribution in [-0.2, 0) is 0 Å². The third-order valence-corrected chi connectivity index (χ3v) is 2.84. The lowest BCUT2D eigenvalue weighted by Crippen LogP contribution is -1.98. The molecule has 0 amide bonds. The van der Waals surface area contributed by atoms with Gasteiger partial charge in [-0.25, -0.2) is 0 Å². The average Bonchev–Trinajstić information content (AvgIpc) is 2.29. The van der Waals surface area contributed by atoms with Crippen molar-refractivity contribution in [1.29, 1.82) is 0 Å². The van der Waals surface area contributed by atoms with Gasteiger partial charge in [-0.05, 0) is 35.4 Å². The van der Waals surface area contributed by atoms with Crippen molar-refractivity contribution in [2.24, 2.45) is 0 Å². The van der Waals surface area contributed by atoms with Gasteiger partial charge in [-0.3, -0.25) is 0 Å². The van der Waals surface area contributed by atoms with Gasteiger partial charge < -0.3 is 5.11 Å². The molecule has 0 aliphatic rings. The monoisotopic (exact) mass is 252 g/mol. The molecule has 3 heteroatoms. The molecular weight excluding hydrogens is 243 g/mol. The standard InChI is InChI=1S/C13H10Cl2O/c14-11-6-4-9(5-7-11)13(16)10-2-1-3-12(15)8-10/h1-8,13,16H/t13-/m0/s1. The molecule has 0 radical (unpaired) electrons. The van der Waals surface area contributed by atoms with Crippen molar-refractivity contribution >= 4 is 23.2 Å². The summed E-state index contributed by atoms with van der Waals surface area (Å²) in [5.74, 6) is 0. The zero-order valence-electron chi connectivity index (χ0n) is 8.40. The first kappa shape index (κ1) is 11.5. The second-order valence-corrected chi connectivity index (χ2v) is 4.38. The highest BCUT2D eigenvalue weighted by atomic mass is 35.5. The van der Waals surface area contributed by atoms with E-state index >= 15 is 0 Å². The third kappa shape index (κ3) is 2.56. The van der Waals surface area contributed by atoms with E-state index in [1.807, 2.05) is 12.1 Å². The Morgan fingerprint density at radius 3 is 2.12 bits per heavy atom. The van der Waals surface area contributed by atoms with E-state index in [0.717, 1.165) is 11.1 Å². The molecule has 82 valence electrons. The number of hydrogen-bond donors (Lipinski definition) is 1. The lowest BCUT2D eigenvalue weighted by atomic mass is 10.0. The Morgan fingerprint density at radius 2 is 1.50 bits per heavy atom. The first-order valence-electron chi connectivity index (χ1n) is 4.86. The van der Waals surface area contributed by atoms with E-state index in [0.29, 0.717) is 10.0 Å². The Kier molecular flexibility index (Phi) is 3.49. The molecular formula is C13H10Cl2O. The minimum atomic E-state index is -0.670. The topological polar surface area (TPSA) is 20.2 Å². The smallest absolute Gasteiger partial charge is 0.104 e. The molecule has 1 atom stereocenters. The van der Waals surface area contributed by atoms with E-state index < -0.39 is 6.10 Å². The molecule has 2 aromatic carbocycles. The fraction of sp³-hybridized carbons (Fsp3) is 0.0769. The quantitative estimate of drug-likeness (QED) is 0.855. The summed E-state index contributed by atoms with van der Waals surface area (Å²) in [6.07, 6.45) is -0.670. The van der Waals surface area contributed by atoms with Gasteiger partial charge in [-0.1, -0.05) is 47.5 Å². The molecule has 0 saturated heterocycles. The summed E-state index contributed by atoms with van der Waals surface area (Å²) in [6, 6.07) is 14.3. The molecule has 0 aliphatic carbocycles. The molecule has 0 heterocycles. The molecule has 0 spiro atoms. The van der Waals surface area contributed by atoms with Crippen LogP contribution in [0.25, 0.3) is 0 Å². The number of aliphatic hydroxyl groups is 1. The average molecular weight is 253 g/mol. The van der Waals surface area contributed by atoms with Crippen LogP contribution in [-0.4, -0.2) is 5.11 Å². The maximum Gasteiger partial charge on any atom is 0.104 e. The number of halogens is 2. The Labute approximate surface area is 104 Å². The van der Waals surface area contributed by atoms with Gasteiger partial charge >= 0.3 is 0 Å². The van der Waals surface area contributed by atoms with E-state index in [1.54, 1.807) is 36.4 Å². The molecule has 2 rings (SSSR count). The highest BCUT2D eigenvalue weighted by molar-refractivity contribution is 6.30. The zero-order chi connectivity index (χ0) is 11.5. The fourth-order valence-electron chi connectivity index (χ4n) is 1.51. The second-order valence-electron chi connectivity index (χ2n) is 3.51. The van der Waals surface area contributed by atoms with Gasteiger partial charge in [0.2, 0.25) is 0 Å². The highest BCUT2D eigenvalue weighted by Gasteiger charge is 2.10. The SMILES string of the molecule is O[C@@H](c1ccc(Cl)cc1)c1cccc(Cl)c1. The van der Waals surface area contributed by atoms with Crippen LogP contribution in [0.4, 0.5) is 0 Å². The van der Waals surface area contributed by atoms with Gasteiger partial charge in [0, 0.05) is 10.0 Å². The van der Waals surface area contributed by atoms with Crippen LogP contribution in [0.5, 0.6) is 0 Å². The minimum Gasteiger partial charge on any atom is -0.384 e. The molecule has 2 aromatic rings. The lowest BCUT2D eigenvalue weighted by Gasteiger charge is -2.11. The van der Waals surface area contributed by atoms with Crippen LogP contribution in [0.15, 0.2) is 48.5 Å². The number of benzene rings is 2. The normalized spacial score (nSPS) is 12.4. The van der Waals surface area contributed by atoms with Crippen LogP contribution in [0.1, 0.15) is 17.2 Å². The Bertz CT molecular complexity index is 480. The summed E-state index contributed by atoms with van der Waals surface area (Å²) in [5, 5.41) is 11.4. The van der Waals surface area contributed by atoms with Crippen molar-refractivity contribution < 1.29 is 5.11 Å². The molecule has 0 saturated carbocycles.